The highest BCUT2D eigenvalue weighted by Crippen LogP contribution is 2.27. The molecule has 1 N–H and O–H groups in total. The van der Waals surface area contributed by atoms with Gasteiger partial charge >= 0.3 is 5.97 Å². The lowest BCUT2D eigenvalue weighted by molar-refractivity contribution is -0.146. The molecule has 25 heavy (non-hydrogen) atoms. The lowest BCUT2D eigenvalue weighted by atomic mass is 10.1. The van der Waals surface area contributed by atoms with E-state index in [2.05, 4.69) is 15.2 Å². The number of nitrogens with zero attached hydrogens (tertiary/aromatic N) is 1. The predicted molar refractivity (Wildman–Crippen MR) is 92.6 cm³/mol. The third-order valence-corrected chi connectivity index (χ3v) is 4.13. The third kappa shape index (κ3) is 4.76. The van der Waals surface area contributed by atoms with Gasteiger partial charge < -0.3 is 19.3 Å². The molecule has 0 spiro atoms. The first kappa shape index (κ1) is 18.9. The fraction of sp³-hybridized carbons (Fsp3) is 0.353. The van der Waals surface area contributed by atoms with E-state index in [0.29, 0.717) is 5.76 Å². The van der Waals surface area contributed by atoms with Crippen LogP contribution in [-0.4, -0.2) is 35.9 Å². The number of nitrogens with one attached hydrogen (secondary N) is 1. The normalized spacial score (nSPS) is 11.0. The van der Waals surface area contributed by atoms with Crippen LogP contribution in [0.3, 0.4) is 0 Å². The van der Waals surface area contributed by atoms with Crippen molar-refractivity contribution in [1.29, 1.82) is 0 Å². The van der Waals surface area contributed by atoms with Gasteiger partial charge in [-0.15, -0.1) is 11.8 Å². The van der Waals surface area contributed by atoms with Gasteiger partial charge in [-0.2, -0.15) is 0 Å². The molecule has 1 amide bonds. The summed E-state index contributed by atoms with van der Waals surface area (Å²) in [5, 5.41) is 6.26. The van der Waals surface area contributed by atoms with Gasteiger partial charge in [0.2, 0.25) is 0 Å². The average Bonchev–Trinajstić information content (AvgIpc) is 3.08. The highest BCUT2D eigenvalue weighted by Gasteiger charge is 2.31. The van der Waals surface area contributed by atoms with E-state index < -0.39 is 17.4 Å². The summed E-state index contributed by atoms with van der Waals surface area (Å²) in [4.78, 5) is 24.8. The molecule has 1 aromatic carbocycles. The summed E-state index contributed by atoms with van der Waals surface area (Å²) in [6, 6.07) is 9.09. The highest BCUT2D eigenvalue weighted by molar-refractivity contribution is 7.98. The number of rotatable bonds is 7. The van der Waals surface area contributed by atoms with Crippen molar-refractivity contribution in [3.8, 4) is 5.75 Å². The lowest BCUT2D eigenvalue weighted by Crippen LogP contribution is -2.50. The van der Waals surface area contributed by atoms with Gasteiger partial charge in [0.05, 0.1) is 7.11 Å². The Kier molecular flexibility index (Phi) is 6.08. The molecule has 0 aliphatic rings. The van der Waals surface area contributed by atoms with Crippen LogP contribution >= 0.6 is 11.8 Å². The minimum Gasteiger partial charge on any atom is -0.484 e. The number of methoxy groups -OCH3 is 1. The molecular weight excluding hydrogens is 344 g/mol. The van der Waals surface area contributed by atoms with Gasteiger partial charge in [-0.1, -0.05) is 17.3 Å². The molecule has 0 radical (unpaired) electrons. The number of hydrogen-bond donors (Lipinski definition) is 1. The molecule has 134 valence electrons. The topological polar surface area (TPSA) is 90.7 Å². The van der Waals surface area contributed by atoms with E-state index in [1.165, 1.54) is 13.2 Å². The number of carbonyl (C=O) groups is 2. The Labute approximate surface area is 150 Å². The minimum atomic E-state index is -1.17. The summed E-state index contributed by atoms with van der Waals surface area (Å²) in [5.74, 6) is 0.0395. The summed E-state index contributed by atoms with van der Waals surface area (Å²) in [6.45, 7) is 3.22. The van der Waals surface area contributed by atoms with E-state index >= 15 is 0 Å². The fourth-order valence-electron chi connectivity index (χ4n) is 2.03. The number of benzene rings is 1. The van der Waals surface area contributed by atoms with Crippen molar-refractivity contribution in [1.82, 2.24) is 10.5 Å². The van der Waals surface area contributed by atoms with Crippen molar-refractivity contribution in [2.45, 2.75) is 30.9 Å². The molecule has 0 unspecified atom stereocenters. The Balaban J connectivity index is 2.00. The molecule has 7 nitrogen and oxygen atoms in total. The lowest BCUT2D eigenvalue weighted by Gasteiger charge is -2.22. The Morgan fingerprint density at radius 1 is 1.32 bits per heavy atom. The van der Waals surface area contributed by atoms with Crippen molar-refractivity contribution in [3.63, 3.8) is 0 Å². The zero-order valence-corrected chi connectivity index (χ0v) is 15.3. The molecule has 2 rings (SSSR count). The zero-order valence-electron chi connectivity index (χ0n) is 14.5. The number of carbonyl (C=O) groups excluding carboxylic acids is 2. The molecule has 0 aliphatic carbocycles. The number of esters is 1. The Morgan fingerprint density at radius 3 is 2.72 bits per heavy atom. The zero-order chi connectivity index (χ0) is 18.4. The molecule has 8 heteroatoms. The summed E-state index contributed by atoms with van der Waals surface area (Å²) in [7, 11) is 1.26. The second-order valence-corrected chi connectivity index (χ2v) is 6.54. The maximum Gasteiger partial charge on any atom is 0.330 e. The van der Waals surface area contributed by atoms with Crippen LogP contribution in [0.25, 0.3) is 0 Å². The standard InChI is InChI=1S/C17H20N2O5S/c1-17(2,16(21)22-3)18-15(20)12-9-11(24-19-12)10-23-13-7-5-6-8-14(13)25-4/h5-9H,10H2,1-4H3,(H,18,20). The van der Waals surface area contributed by atoms with E-state index in [1.54, 1.807) is 25.6 Å². The van der Waals surface area contributed by atoms with Crippen LogP contribution in [-0.2, 0) is 16.1 Å². The second kappa shape index (κ2) is 8.06. The average molecular weight is 364 g/mol. The number of para-hydroxylation sites is 1. The maximum atomic E-state index is 12.2. The fourth-order valence-corrected chi connectivity index (χ4v) is 2.57. The predicted octanol–water partition coefficient (Wildman–Crippen LogP) is 2.66. The van der Waals surface area contributed by atoms with Gasteiger partial charge in [-0.25, -0.2) is 4.79 Å². The quantitative estimate of drug-likeness (QED) is 0.596. The first-order valence-electron chi connectivity index (χ1n) is 7.49. The number of amides is 1. The van der Waals surface area contributed by atoms with Crippen LogP contribution in [0.1, 0.15) is 30.1 Å². The Bertz CT molecular complexity index is 757. The molecule has 0 fully saturated rings. The van der Waals surface area contributed by atoms with Gasteiger partial charge in [-0.3, -0.25) is 4.79 Å². The molecule has 0 atom stereocenters. The molecule has 0 bridgehead atoms. The maximum absolute atomic E-state index is 12.2. The summed E-state index contributed by atoms with van der Waals surface area (Å²) >= 11 is 1.57. The first-order chi connectivity index (χ1) is 11.9. The summed E-state index contributed by atoms with van der Waals surface area (Å²) in [6.07, 6.45) is 1.96. The van der Waals surface area contributed by atoms with Crippen LogP contribution < -0.4 is 10.1 Å². The molecule has 0 aliphatic heterocycles. The van der Waals surface area contributed by atoms with Gasteiger partial charge in [0.15, 0.2) is 11.5 Å². The van der Waals surface area contributed by atoms with Crippen LogP contribution in [0, 0.1) is 0 Å². The van der Waals surface area contributed by atoms with Crippen molar-refractivity contribution < 1.29 is 23.6 Å². The van der Waals surface area contributed by atoms with Gasteiger partial charge in [-0.05, 0) is 32.2 Å². The molecule has 0 saturated heterocycles. The van der Waals surface area contributed by atoms with Crippen LogP contribution in [0.15, 0.2) is 39.8 Å². The van der Waals surface area contributed by atoms with Gasteiger partial charge in [0, 0.05) is 11.0 Å². The molecule has 1 heterocycles. The van der Waals surface area contributed by atoms with Gasteiger partial charge in [0.25, 0.3) is 5.91 Å². The molecule has 0 saturated carbocycles. The van der Waals surface area contributed by atoms with E-state index in [9.17, 15) is 9.59 Å². The number of thioether (sulfide) groups is 1. The van der Waals surface area contributed by atoms with E-state index in [1.807, 2.05) is 30.5 Å². The van der Waals surface area contributed by atoms with Crippen molar-refractivity contribution >= 4 is 23.6 Å². The highest BCUT2D eigenvalue weighted by atomic mass is 32.2. The second-order valence-electron chi connectivity index (χ2n) is 5.69. The van der Waals surface area contributed by atoms with Crippen LogP contribution in [0.2, 0.25) is 0 Å². The SMILES string of the molecule is COC(=O)C(C)(C)NC(=O)c1cc(COc2ccccc2SC)on1. The smallest absolute Gasteiger partial charge is 0.330 e. The van der Waals surface area contributed by atoms with Crippen LogP contribution in [0.4, 0.5) is 0 Å². The Hall–Kier alpha value is -2.48. The number of aromatic nitrogens is 1. The molecular formula is C17H20N2O5S. The van der Waals surface area contributed by atoms with E-state index in [-0.39, 0.29) is 12.3 Å². The monoisotopic (exact) mass is 364 g/mol. The van der Waals surface area contributed by atoms with Crippen molar-refractivity contribution in [3.05, 3.63) is 41.8 Å². The van der Waals surface area contributed by atoms with E-state index in [4.69, 9.17) is 9.26 Å². The summed E-state index contributed by atoms with van der Waals surface area (Å²) in [5.41, 5.74) is -1.10. The number of ether oxygens (including phenoxy) is 2. The molecule has 2 aromatic rings. The third-order valence-electron chi connectivity index (χ3n) is 3.35. The van der Waals surface area contributed by atoms with Crippen molar-refractivity contribution in [2.75, 3.05) is 13.4 Å². The first-order valence-corrected chi connectivity index (χ1v) is 8.72. The van der Waals surface area contributed by atoms with E-state index in [0.717, 1.165) is 10.6 Å². The summed E-state index contributed by atoms with van der Waals surface area (Å²) < 4.78 is 15.5. The van der Waals surface area contributed by atoms with Gasteiger partial charge in [0.1, 0.15) is 17.9 Å². The van der Waals surface area contributed by atoms with Crippen LogP contribution in [0.5, 0.6) is 5.75 Å². The van der Waals surface area contributed by atoms with Crippen molar-refractivity contribution in [2.24, 2.45) is 0 Å². The largest absolute Gasteiger partial charge is 0.484 e. The minimum absolute atomic E-state index is 0.0636. The molecule has 1 aromatic heterocycles. The number of hydrogen-bond acceptors (Lipinski definition) is 7. The Morgan fingerprint density at radius 2 is 2.04 bits per heavy atom.